The van der Waals surface area contributed by atoms with Crippen LogP contribution in [0.4, 0.5) is 11.6 Å². The lowest BCUT2D eigenvalue weighted by molar-refractivity contribution is 0.184. The lowest BCUT2D eigenvalue weighted by Crippen LogP contribution is -2.04. The zero-order chi connectivity index (χ0) is 21.7. The number of nitrogens with one attached hydrogen (secondary N) is 1. The van der Waals surface area contributed by atoms with Gasteiger partial charge in [-0.15, -0.1) is 0 Å². The first kappa shape index (κ1) is 21.3. The van der Waals surface area contributed by atoms with Crippen LogP contribution in [0.2, 0.25) is 0 Å². The van der Waals surface area contributed by atoms with Crippen molar-refractivity contribution in [3.63, 3.8) is 0 Å². The van der Waals surface area contributed by atoms with Gasteiger partial charge < -0.3 is 14.8 Å². The van der Waals surface area contributed by atoms with Gasteiger partial charge in [0.15, 0.2) is 0 Å². The summed E-state index contributed by atoms with van der Waals surface area (Å²) in [5.74, 6) is 1.50. The maximum absolute atomic E-state index is 9.78. The summed E-state index contributed by atoms with van der Waals surface area (Å²) in [4.78, 5) is 8.32. The Morgan fingerprint density at radius 1 is 1.07 bits per heavy atom. The van der Waals surface area contributed by atoms with Gasteiger partial charge in [0.25, 0.3) is 0 Å². The van der Waals surface area contributed by atoms with E-state index in [0.717, 1.165) is 11.1 Å². The van der Waals surface area contributed by atoms with E-state index in [2.05, 4.69) is 43.4 Å². The van der Waals surface area contributed by atoms with Crippen LogP contribution in [0.3, 0.4) is 0 Å². The molecule has 3 rings (SSSR count). The molecule has 0 aliphatic carbocycles. The molecule has 0 aliphatic rings. The Balaban J connectivity index is 2.13. The molecule has 1 N–H and O–H groups in total. The molecule has 1 heterocycles. The van der Waals surface area contributed by atoms with Crippen molar-refractivity contribution in [3.05, 3.63) is 68.9 Å². The molecule has 0 bridgehead atoms. The fourth-order valence-electron chi connectivity index (χ4n) is 3.04. The zero-order valence-electron chi connectivity index (χ0n) is 16.7. The molecule has 0 unspecified atom stereocenters. The summed E-state index contributed by atoms with van der Waals surface area (Å²) < 4.78 is 12.2. The van der Waals surface area contributed by atoms with Crippen molar-refractivity contribution < 1.29 is 9.47 Å². The highest BCUT2D eigenvalue weighted by atomic mass is 79.9. The average Bonchev–Trinajstić information content (AvgIpc) is 2.74. The van der Waals surface area contributed by atoms with E-state index in [9.17, 15) is 10.5 Å². The van der Waals surface area contributed by atoms with E-state index in [-0.39, 0.29) is 6.61 Å². The van der Waals surface area contributed by atoms with E-state index in [4.69, 9.17) is 9.47 Å². The van der Waals surface area contributed by atoms with Crippen molar-refractivity contribution in [2.45, 2.75) is 20.5 Å². The number of hydrogen-bond acceptors (Lipinski definition) is 7. The molecular formula is C22H18BrN5O2. The Bertz CT molecular complexity index is 1140. The van der Waals surface area contributed by atoms with Crippen LogP contribution in [0.15, 0.2) is 41.1 Å². The van der Waals surface area contributed by atoms with Crippen molar-refractivity contribution in [3.8, 4) is 23.6 Å². The summed E-state index contributed by atoms with van der Waals surface area (Å²) in [6.07, 6.45) is 3.22. The minimum atomic E-state index is 0.205. The molecule has 150 valence electrons. The second-order valence-corrected chi connectivity index (χ2v) is 7.28. The summed E-state index contributed by atoms with van der Waals surface area (Å²) in [7, 11) is 1.56. The van der Waals surface area contributed by atoms with Gasteiger partial charge in [0, 0.05) is 31.1 Å². The number of methoxy groups -OCH3 is 1. The third-order valence-electron chi connectivity index (χ3n) is 4.34. The lowest BCUT2D eigenvalue weighted by Gasteiger charge is -2.18. The quantitative estimate of drug-likeness (QED) is 0.529. The maximum atomic E-state index is 9.78. The monoisotopic (exact) mass is 463 g/mol. The molecule has 0 radical (unpaired) electrons. The number of halogens is 1. The molecule has 0 amide bonds. The van der Waals surface area contributed by atoms with Gasteiger partial charge in [-0.1, -0.05) is 0 Å². The smallest absolute Gasteiger partial charge is 0.227 e. The molecule has 0 spiro atoms. The molecule has 0 aliphatic heterocycles. The second-order valence-electron chi connectivity index (χ2n) is 6.49. The van der Waals surface area contributed by atoms with E-state index < -0.39 is 0 Å². The molecule has 0 saturated heterocycles. The second kappa shape index (κ2) is 9.36. The van der Waals surface area contributed by atoms with Crippen LogP contribution in [0.1, 0.15) is 27.8 Å². The number of nitrogens with zero attached hydrogens (tertiary/aromatic N) is 4. The van der Waals surface area contributed by atoms with Gasteiger partial charge >= 0.3 is 0 Å². The zero-order valence-corrected chi connectivity index (χ0v) is 18.2. The Labute approximate surface area is 183 Å². The number of aryl methyl sites for hydroxylation is 2. The first-order valence-electron chi connectivity index (χ1n) is 8.96. The van der Waals surface area contributed by atoms with E-state index in [1.165, 1.54) is 0 Å². The molecule has 2 aromatic carbocycles. The molecule has 1 aromatic heterocycles. The first-order chi connectivity index (χ1) is 14.5. The topological polar surface area (TPSA) is 104 Å². The highest BCUT2D eigenvalue weighted by Gasteiger charge is 2.20. The average molecular weight is 464 g/mol. The summed E-state index contributed by atoms with van der Waals surface area (Å²) in [6, 6.07) is 11.3. The predicted octanol–water partition coefficient (Wildman–Crippen LogP) is 5.28. The predicted molar refractivity (Wildman–Crippen MR) is 116 cm³/mol. The van der Waals surface area contributed by atoms with Crippen molar-refractivity contribution in [2.75, 3.05) is 12.4 Å². The van der Waals surface area contributed by atoms with Crippen LogP contribution in [-0.4, -0.2) is 17.1 Å². The number of ether oxygens (including phenoxy) is 2. The highest BCUT2D eigenvalue weighted by molar-refractivity contribution is 9.10. The Morgan fingerprint density at radius 3 is 2.30 bits per heavy atom. The van der Waals surface area contributed by atoms with Crippen molar-refractivity contribution in [1.29, 1.82) is 10.5 Å². The number of nitriles is 2. The minimum absolute atomic E-state index is 0.205. The van der Waals surface area contributed by atoms with Gasteiger partial charge in [0.1, 0.15) is 17.6 Å². The van der Waals surface area contributed by atoms with Crippen LogP contribution in [0.25, 0.3) is 0 Å². The van der Waals surface area contributed by atoms with Crippen LogP contribution in [0.5, 0.6) is 11.5 Å². The van der Waals surface area contributed by atoms with E-state index in [1.807, 2.05) is 13.8 Å². The number of benzene rings is 2. The summed E-state index contributed by atoms with van der Waals surface area (Å²) in [5, 5.41) is 22.0. The van der Waals surface area contributed by atoms with E-state index in [0.29, 0.717) is 44.3 Å². The summed E-state index contributed by atoms with van der Waals surface area (Å²) >= 11 is 3.56. The number of aromatic nitrogens is 2. The first-order valence-corrected chi connectivity index (χ1v) is 9.75. The minimum Gasteiger partial charge on any atom is -0.456 e. The number of hydrogen-bond donors (Lipinski definition) is 1. The molecule has 0 saturated carbocycles. The highest BCUT2D eigenvalue weighted by Crippen LogP contribution is 2.41. The maximum Gasteiger partial charge on any atom is 0.227 e. The SMILES string of the molecule is COCc1c(Br)c(Oc2c(C)cc(C#N)cc2C)cc(Nc2ncccn2)c1C#N. The molecule has 3 aromatic rings. The van der Waals surface area contributed by atoms with E-state index in [1.54, 1.807) is 43.8 Å². The fraction of sp³-hybridized carbons (Fsp3) is 0.182. The molecule has 30 heavy (non-hydrogen) atoms. The Hall–Kier alpha value is -3.46. The van der Waals surface area contributed by atoms with Gasteiger partial charge in [-0.05, 0) is 59.1 Å². The normalized spacial score (nSPS) is 10.2. The van der Waals surface area contributed by atoms with Crippen LogP contribution < -0.4 is 10.1 Å². The largest absolute Gasteiger partial charge is 0.456 e. The standard InChI is InChI=1S/C22H18BrN5O2/c1-13-7-15(10-24)8-14(2)21(13)30-19-9-18(28-22-26-5-4-6-27-22)16(11-25)17(12-29-3)20(19)23/h4-9H,12H2,1-3H3,(H,26,27,28). The summed E-state index contributed by atoms with van der Waals surface area (Å²) in [5.41, 5.74) is 3.77. The molecule has 0 fully saturated rings. The molecule has 0 atom stereocenters. The van der Waals surface area contributed by atoms with Gasteiger partial charge in [0.2, 0.25) is 5.95 Å². The van der Waals surface area contributed by atoms with Gasteiger partial charge in [-0.25, -0.2) is 9.97 Å². The van der Waals surface area contributed by atoms with Crippen LogP contribution in [0, 0.1) is 36.5 Å². The van der Waals surface area contributed by atoms with Crippen LogP contribution in [-0.2, 0) is 11.3 Å². The van der Waals surface area contributed by atoms with E-state index >= 15 is 0 Å². The van der Waals surface area contributed by atoms with Crippen molar-refractivity contribution in [2.24, 2.45) is 0 Å². The van der Waals surface area contributed by atoms with Gasteiger partial charge in [0.05, 0.1) is 34.0 Å². The van der Waals surface area contributed by atoms with Gasteiger partial charge in [-0.2, -0.15) is 10.5 Å². The number of rotatable bonds is 6. The van der Waals surface area contributed by atoms with Crippen molar-refractivity contribution in [1.82, 2.24) is 9.97 Å². The Kier molecular flexibility index (Phi) is 6.63. The third-order valence-corrected chi connectivity index (χ3v) is 5.21. The third kappa shape index (κ3) is 4.41. The number of anilines is 2. The lowest BCUT2D eigenvalue weighted by atomic mass is 10.0. The molecule has 8 heteroatoms. The molecular weight excluding hydrogens is 446 g/mol. The van der Waals surface area contributed by atoms with Gasteiger partial charge in [-0.3, -0.25) is 0 Å². The van der Waals surface area contributed by atoms with Crippen LogP contribution >= 0.6 is 15.9 Å². The molecule has 7 nitrogen and oxygen atoms in total. The van der Waals surface area contributed by atoms with Crippen molar-refractivity contribution >= 4 is 27.6 Å². The fourth-order valence-corrected chi connectivity index (χ4v) is 3.55. The summed E-state index contributed by atoms with van der Waals surface area (Å²) in [6.45, 7) is 3.97. The Morgan fingerprint density at radius 2 is 1.73 bits per heavy atom.